The summed E-state index contributed by atoms with van der Waals surface area (Å²) in [4.78, 5) is 3.96. The zero-order valence-electron chi connectivity index (χ0n) is 6.49. The largest absolute Gasteiger partial charge is 0.397 e. The molecule has 0 saturated heterocycles. The molecule has 0 radical (unpaired) electrons. The SMILES string of the molecule is Nc1cnc(N)c2ccccc12. The van der Waals surface area contributed by atoms with Gasteiger partial charge in [0.2, 0.25) is 0 Å². The monoisotopic (exact) mass is 159 g/mol. The average molecular weight is 159 g/mol. The molecule has 3 nitrogen and oxygen atoms in total. The van der Waals surface area contributed by atoms with Crippen molar-refractivity contribution in [2.45, 2.75) is 0 Å². The summed E-state index contributed by atoms with van der Waals surface area (Å²) >= 11 is 0. The highest BCUT2D eigenvalue weighted by Gasteiger charge is 1.99. The Morgan fingerprint density at radius 1 is 1.00 bits per heavy atom. The summed E-state index contributed by atoms with van der Waals surface area (Å²) in [6, 6.07) is 7.69. The van der Waals surface area contributed by atoms with E-state index >= 15 is 0 Å². The predicted molar refractivity (Wildman–Crippen MR) is 50.6 cm³/mol. The number of pyridine rings is 1. The first kappa shape index (κ1) is 6.91. The van der Waals surface area contributed by atoms with Crippen molar-refractivity contribution in [2.75, 3.05) is 11.5 Å². The first-order valence-electron chi connectivity index (χ1n) is 3.68. The van der Waals surface area contributed by atoms with Gasteiger partial charge >= 0.3 is 0 Å². The molecule has 0 bridgehead atoms. The number of nitrogen functional groups attached to an aromatic ring is 2. The Balaban J connectivity index is 2.95. The van der Waals surface area contributed by atoms with E-state index in [4.69, 9.17) is 11.5 Å². The van der Waals surface area contributed by atoms with Gasteiger partial charge in [0.25, 0.3) is 0 Å². The van der Waals surface area contributed by atoms with Gasteiger partial charge in [-0.25, -0.2) is 4.98 Å². The van der Waals surface area contributed by atoms with E-state index in [1.807, 2.05) is 24.3 Å². The highest BCUT2D eigenvalue weighted by molar-refractivity contribution is 5.98. The zero-order chi connectivity index (χ0) is 8.55. The minimum atomic E-state index is 0.528. The zero-order valence-corrected chi connectivity index (χ0v) is 6.49. The molecule has 0 aliphatic rings. The minimum Gasteiger partial charge on any atom is -0.397 e. The molecular formula is C9H9N3. The predicted octanol–water partition coefficient (Wildman–Crippen LogP) is 1.40. The first-order chi connectivity index (χ1) is 5.79. The van der Waals surface area contributed by atoms with Crippen LogP contribution in [0.2, 0.25) is 0 Å². The number of nitrogens with two attached hydrogens (primary N) is 2. The molecule has 3 heteroatoms. The molecule has 0 amide bonds. The van der Waals surface area contributed by atoms with Crippen molar-refractivity contribution >= 4 is 22.3 Å². The summed E-state index contributed by atoms with van der Waals surface area (Å²) in [6.07, 6.45) is 1.58. The van der Waals surface area contributed by atoms with Crippen LogP contribution in [0, 0.1) is 0 Å². The van der Waals surface area contributed by atoms with Gasteiger partial charge in [-0.15, -0.1) is 0 Å². The molecule has 12 heavy (non-hydrogen) atoms. The number of nitrogens with zero attached hydrogens (tertiary/aromatic N) is 1. The van der Waals surface area contributed by atoms with Gasteiger partial charge in [0.15, 0.2) is 0 Å². The van der Waals surface area contributed by atoms with Crippen LogP contribution in [0.25, 0.3) is 10.8 Å². The fraction of sp³-hybridized carbons (Fsp3) is 0. The van der Waals surface area contributed by atoms with Crippen LogP contribution in [0.3, 0.4) is 0 Å². The van der Waals surface area contributed by atoms with Gasteiger partial charge in [0, 0.05) is 10.8 Å². The molecule has 1 aromatic carbocycles. The maximum atomic E-state index is 5.71. The third-order valence-corrected chi connectivity index (χ3v) is 1.86. The third kappa shape index (κ3) is 0.871. The topological polar surface area (TPSA) is 64.9 Å². The summed E-state index contributed by atoms with van der Waals surface area (Å²) in [5.41, 5.74) is 12.0. The number of aromatic nitrogens is 1. The van der Waals surface area contributed by atoms with Crippen molar-refractivity contribution in [2.24, 2.45) is 0 Å². The smallest absolute Gasteiger partial charge is 0.131 e. The van der Waals surface area contributed by atoms with Gasteiger partial charge in [0.05, 0.1) is 11.9 Å². The maximum Gasteiger partial charge on any atom is 0.131 e. The van der Waals surface area contributed by atoms with Crippen molar-refractivity contribution < 1.29 is 0 Å². The highest BCUT2D eigenvalue weighted by atomic mass is 14.8. The molecule has 0 aliphatic heterocycles. The minimum absolute atomic E-state index is 0.528. The lowest BCUT2D eigenvalue weighted by Gasteiger charge is -2.02. The number of rotatable bonds is 0. The van der Waals surface area contributed by atoms with Gasteiger partial charge < -0.3 is 11.5 Å². The fourth-order valence-corrected chi connectivity index (χ4v) is 1.24. The van der Waals surface area contributed by atoms with Crippen molar-refractivity contribution in [3.8, 4) is 0 Å². The van der Waals surface area contributed by atoms with Crippen LogP contribution in [0.4, 0.5) is 11.5 Å². The summed E-state index contributed by atoms with van der Waals surface area (Å²) in [6.45, 7) is 0. The highest BCUT2D eigenvalue weighted by Crippen LogP contribution is 2.23. The standard InChI is InChI=1S/C9H9N3/c10-8-5-12-9(11)7-4-2-1-3-6(7)8/h1-5H,10H2,(H2,11,12). The normalized spacial score (nSPS) is 10.3. The number of benzene rings is 1. The first-order valence-corrected chi connectivity index (χ1v) is 3.68. The lowest BCUT2D eigenvalue weighted by molar-refractivity contribution is 1.37. The van der Waals surface area contributed by atoms with Crippen molar-refractivity contribution in [3.63, 3.8) is 0 Å². The van der Waals surface area contributed by atoms with Gasteiger partial charge in [-0.05, 0) is 0 Å². The van der Waals surface area contributed by atoms with E-state index in [1.54, 1.807) is 6.20 Å². The van der Waals surface area contributed by atoms with Crippen LogP contribution < -0.4 is 11.5 Å². The Hall–Kier alpha value is -1.77. The van der Waals surface area contributed by atoms with Gasteiger partial charge in [-0.3, -0.25) is 0 Å². The molecule has 2 rings (SSSR count). The number of anilines is 2. The lowest BCUT2D eigenvalue weighted by atomic mass is 10.1. The molecular weight excluding hydrogens is 150 g/mol. The molecule has 1 heterocycles. The van der Waals surface area contributed by atoms with E-state index in [0.29, 0.717) is 11.5 Å². The van der Waals surface area contributed by atoms with Crippen molar-refractivity contribution in [1.29, 1.82) is 0 Å². The van der Waals surface area contributed by atoms with E-state index < -0.39 is 0 Å². The summed E-state index contributed by atoms with van der Waals surface area (Å²) < 4.78 is 0. The van der Waals surface area contributed by atoms with Crippen LogP contribution in [0.5, 0.6) is 0 Å². The molecule has 4 N–H and O–H groups in total. The van der Waals surface area contributed by atoms with Crippen LogP contribution in [0.15, 0.2) is 30.5 Å². The fourth-order valence-electron chi connectivity index (χ4n) is 1.24. The molecule has 60 valence electrons. The second-order valence-corrected chi connectivity index (χ2v) is 2.64. The summed E-state index contributed by atoms with van der Waals surface area (Å²) in [5, 5.41) is 1.88. The quantitative estimate of drug-likeness (QED) is 0.610. The summed E-state index contributed by atoms with van der Waals surface area (Å²) in [7, 11) is 0. The van der Waals surface area contributed by atoms with Gasteiger partial charge in [0.1, 0.15) is 5.82 Å². The van der Waals surface area contributed by atoms with E-state index in [9.17, 15) is 0 Å². The second-order valence-electron chi connectivity index (χ2n) is 2.64. The van der Waals surface area contributed by atoms with Gasteiger partial charge in [-0.2, -0.15) is 0 Å². The van der Waals surface area contributed by atoms with E-state index in [-0.39, 0.29) is 0 Å². The molecule has 1 aromatic heterocycles. The maximum absolute atomic E-state index is 5.71. The Bertz CT molecular complexity index is 383. The van der Waals surface area contributed by atoms with Gasteiger partial charge in [-0.1, -0.05) is 24.3 Å². The van der Waals surface area contributed by atoms with E-state index in [2.05, 4.69) is 4.98 Å². The molecule has 0 atom stereocenters. The Morgan fingerprint density at radius 3 is 2.33 bits per heavy atom. The van der Waals surface area contributed by atoms with E-state index in [1.165, 1.54) is 0 Å². The summed E-state index contributed by atoms with van der Waals surface area (Å²) in [5.74, 6) is 0.528. The average Bonchev–Trinajstić information content (AvgIpc) is 2.12. The van der Waals surface area contributed by atoms with Crippen molar-refractivity contribution in [1.82, 2.24) is 4.98 Å². The molecule has 0 fully saturated rings. The Morgan fingerprint density at radius 2 is 1.67 bits per heavy atom. The van der Waals surface area contributed by atoms with Crippen LogP contribution >= 0.6 is 0 Å². The molecule has 2 aromatic rings. The number of hydrogen-bond donors (Lipinski definition) is 2. The second kappa shape index (κ2) is 2.37. The van der Waals surface area contributed by atoms with Crippen molar-refractivity contribution in [3.05, 3.63) is 30.5 Å². The number of fused-ring (bicyclic) bond motifs is 1. The Labute approximate surface area is 70.0 Å². The van der Waals surface area contributed by atoms with Crippen LogP contribution in [-0.4, -0.2) is 4.98 Å². The van der Waals surface area contributed by atoms with E-state index in [0.717, 1.165) is 10.8 Å². The molecule has 0 unspecified atom stereocenters. The van der Waals surface area contributed by atoms with Crippen LogP contribution in [-0.2, 0) is 0 Å². The Kier molecular flexibility index (Phi) is 1.37. The molecule has 0 spiro atoms. The molecule has 0 aliphatic carbocycles. The number of hydrogen-bond acceptors (Lipinski definition) is 3. The third-order valence-electron chi connectivity index (χ3n) is 1.86. The lowest BCUT2D eigenvalue weighted by Crippen LogP contribution is -1.94. The molecule has 0 saturated carbocycles. The van der Waals surface area contributed by atoms with Crippen LogP contribution in [0.1, 0.15) is 0 Å².